The monoisotopic (exact) mass is 236 g/mol. The Bertz CT molecular complexity index is 388. The van der Waals surface area contributed by atoms with Gasteiger partial charge in [0.25, 0.3) is 0 Å². The molecule has 0 aliphatic heterocycles. The second kappa shape index (κ2) is 4.87. The van der Waals surface area contributed by atoms with Crippen molar-refractivity contribution in [2.45, 2.75) is 38.1 Å². The third-order valence-corrected chi connectivity index (χ3v) is 3.37. The van der Waals surface area contributed by atoms with Gasteiger partial charge in [-0.05, 0) is 19.8 Å². The molecule has 0 bridgehead atoms. The van der Waals surface area contributed by atoms with Crippen molar-refractivity contribution in [3.05, 3.63) is 11.8 Å². The fourth-order valence-electron chi connectivity index (χ4n) is 2.37. The second-order valence-electron chi connectivity index (χ2n) is 4.69. The number of anilines is 1. The molecule has 1 aliphatic carbocycles. The molecule has 1 saturated carbocycles. The molecule has 0 amide bonds. The van der Waals surface area contributed by atoms with Crippen LogP contribution in [0.25, 0.3) is 0 Å². The average molecular weight is 236 g/mol. The van der Waals surface area contributed by atoms with Gasteiger partial charge in [-0.3, -0.25) is 0 Å². The van der Waals surface area contributed by atoms with Crippen molar-refractivity contribution in [2.75, 3.05) is 19.0 Å². The molecule has 0 aromatic carbocycles. The minimum Gasteiger partial charge on any atom is -0.481 e. The van der Waals surface area contributed by atoms with Crippen molar-refractivity contribution in [1.29, 1.82) is 0 Å². The molecule has 0 radical (unpaired) electrons. The van der Waals surface area contributed by atoms with Crippen LogP contribution < -0.4 is 15.8 Å². The lowest BCUT2D eigenvalue weighted by atomic mass is 9.98. The van der Waals surface area contributed by atoms with Crippen LogP contribution in [0.3, 0.4) is 0 Å². The molecule has 5 heteroatoms. The molecule has 3 N–H and O–H groups in total. The second-order valence-corrected chi connectivity index (χ2v) is 4.69. The van der Waals surface area contributed by atoms with Gasteiger partial charge in [-0.1, -0.05) is 12.8 Å². The van der Waals surface area contributed by atoms with Crippen LogP contribution in [0, 0.1) is 6.92 Å². The number of hydrogen-bond donors (Lipinski definition) is 2. The van der Waals surface area contributed by atoms with E-state index in [-0.39, 0.29) is 5.54 Å². The summed E-state index contributed by atoms with van der Waals surface area (Å²) < 4.78 is 5.14. The third kappa shape index (κ3) is 2.66. The maximum atomic E-state index is 5.88. The van der Waals surface area contributed by atoms with Gasteiger partial charge in [-0.2, -0.15) is 4.98 Å². The first-order valence-electron chi connectivity index (χ1n) is 6.05. The number of nitrogens with zero attached hydrogens (tertiary/aromatic N) is 2. The smallest absolute Gasteiger partial charge is 0.226 e. The third-order valence-electron chi connectivity index (χ3n) is 3.37. The molecule has 0 saturated heterocycles. The van der Waals surface area contributed by atoms with E-state index in [2.05, 4.69) is 15.3 Å². The predicted molar refractivity (Wildman–Crippen MR) is 67.2 cm³/mol. The van der Waals surface area contributed by atoms with Crippen LogP contribution in [-0.2, 0) is 0 Å². The lowest BCUT2D eigenvalue weighted by molar-refractivity contribution is 0.395. The van der Waals surface area contributed by atoms with Gasteiger partial charge in [0.15, 0.2) is 0 Å². The van der Waals surface area contributed by atoms with Gasteiger partial charge in [-0.25, -0.2) is 4.98 Å². The summed E-state index contributed by atoms with van der Waals surface area (Å²) in [7, 11) is 1.61. The normalized spacial score (nSPS) is 18.1. The first-order valence-corrected chi connectivity index (χ1v) is 6.05. The first kappa shape index (κ1) is 12.1. The minimum atomic E-state index is -0.0290. The number of rotatable bonds is 4. The van der Waals surface area contributed by atoms with Crippen molar-refractivity contribution in [1.82, 2.24) is 9.97 Å². The zero-order chi connectivity index (χ0) is 12.3. The van der Waals surface area contributed by atoms with Gasteiger partial charge in [0, 0.05) is 18.3 Å². The highest BCUT2D eigenvalue weighted by Gasteiger charge is 2.33. The standard InChI is InChI=1S/C12H20N4O/c1-9-7-10(17-2)15-11(14-9)16-12(8-13)5-3-4-6-12/h7H,3-6,8,13H2,1-2H3,(H,14,15,16). The van der Waals surface area contributed by atoms with Crippen molar-refractivity contribution in [3.63, 3.8) is 0 Å². The molecule has 1 heterocycles. The zero-order valence-electron chi connectivity index (χ0n) is 10.5. The van der Waals surface area contributed by atoms with Crippen LogP contribution in [0.15, 0.2) is 6.07 Å². The molecule has 1 aliphatic rings. The SMILES string of the molecule is COc1cc(C)nc(NC2(CN)CCCC2)n1. The molecule has 1 aromatic rings. The van der Waals surface area contributed by atoms with E-state index < -0.39 is 0 Å². The molecular weight excluding hydrogens is 216 g/mol. The Kier molecular flexibility index (Phi) is 3.47. The summed E-state index contributed by atoms with van der Waals surface area (Å²) >= 11 is 0. The van der Waals surface area contributed by atoms with E-state index in [1.54, 1.807) is 7.11 Å². The van der Waals surface area contributed by atoms with Crippen LogP contribution >= 0.6 is 0 Å². The quantitative estimate of drug-likeness (QED) is 0.828. The van der Waals surface area contributed by atoms with Crippen LogP contribution in [0.1, 0.15) is 31.4 Å². The highest BCUT2D eigenvalue weighted by molar-refractivity contribution is 5.34. The van der Waals surface area contributed by atoms with Crippen molar-refractivity contribution < 1.29 is 4.74 Å². The topological polar surface area (TPSA) is 73.1 Å². The Morgan fingerprint density at radius 2 is 2.12 bits per heavy atom. The highest BCUT2D eigenvalue weighted by atomic mass is 16.5. The Balaban J connectivity index is 2.19. The summed E-state index contributed by atoms with van der Waals surface area (Å²) in [5.41, 5.74) is 6.74. The maximum Gasteiger partial charge on any atom is 0.226 e. The van der Waals surface area contributed by atoms with Crippen LogP contribution in [0.5, 0.6) is 5.88 Å². The van der Waals surface area contributed by atoms with Crippen LogP contribution in [0.2, 0.25) is 0 Å². The summed E-state index contributed by atoms with van der Waals surface area (Å²) in [5.74, 6) is 1.21. The fourth-order valence-corrected chi connectivity index (χ4v) is 2.37. The summed E-state index contributed by atoms with van der Waals surface area (Å²) in [6, 6.07) is 1.81. The number of aryl methyl sites for hydroxylation is 1. The highest BCUT2D eigenvalue weighted by Crippen LogP contribution is 2.31. The summed E-state index contributed by atoms with van der Waals surface area (Å²) in [6.07, 6.45) is 4.60. The van der Waals surface area contributed by atoms with Gasteiger partial charge in [0.2, 0.25) is 11.8 Å². The number of hydrogen-bond acceptors (Lipinski definition) is 5. The Hall–Kier alpha value is -1.36. The molecule has 2 rings (SSSR count). The molecule has 94 valence electrons. The van der Waals surface area contributed by atoms with Gasteiger partial charge in [0.05, 0.1) is 12.6 Å². The largest absolute Gasteiger partial charge is 0.481 e. The Morgan fingerprint density at radius 1 is 1.41 bits per heavy atom. The van der Waals surface area contributed by atoms with Gasteiger partial charge >= 0.3 is 0 Å². The van der Waals surface area contributed by atoms with Crippen molar-refractivity contribution in [2.24, 2.45) is 5.73 Å². The lowest BCUT2D eigenvalue weighted by Gasteiger charge is -2.28. The van der Waals surface area contributed by atoms with Crippen LogP contribution in [0.4, 0.5) is 5.95 Å². The summed E-state index contributed by atoms with van der Waals surface area (Å²) in [6.45, 7) is 2.55. The zero-order valence-corrected chi connectivity index (χ0v) is 10.5. The molecule has 0 unspecified atom stereocenters. The summed E-state index contributed by atoms with van der Waals surface area (Å²) in [5, 5.41) is 3.39. The number of nitrogens with one attached hydrogen (secondary N) is 1. The fraction of sp³-hybridized carbons (Fsp3) is 0.667. The van der Waals surface area contributed by atoms with Gasteiger partial charge < -0.3 is 15.8 Å². The number of nitrogens with two attached hydrogens (primary N) is 1. The van der Waals surface area contributed by atoms with Gasteiger partial charge in [-0.15, -0.1) is 0 Å². The predicted octanol–water partition coefficient (Wildman–Crippen LogP) is 1.48. The molecule has 0 atom stereocenters. The van der Waals surface area contributed by atoms with Crippen molar-refractivity contribution in [3.8, 4) is 5.88 Å². The molecule has 17 heavy (non-hydrogen) atoms. The minimum absolute atomic E-state index is 0.0290. The Labute approximate surface area is 102 Å². The average Bonchev–Trinajstić information content (AvgIpc) is 2.77. The van der Waals surface area contributed by atoms with E-state index in [0.29, 0.717) is 18.4 Å². The molecule has 5 nitrogen and oxygen atoms in total. The Morgan fingerprint density at radius 3 is 2.71 bits per heavy atom. The van der Waals surface area contributed by atoms with Crippen molar-refractivity contribution >= 4 is 5.95 Å². The van der Waals surface area contributed by atoms with E-state index in [0.717, 1.165) is 18.5 Å². The van der Waals surface area contributed by atoms with E-state index in [9.17, 15) is 0 Å². The van der Waals surface area contributed by atoms with Crippen LogP contribution in [-0.4, -0.2) is 29.2 Å². The van der Waals surface area contributed by atoms with Gasteiger partial charge in [0.1, 0.15) is 0 Å². The summed E-state index contributed by atoms with van der Waals surface area (Å²) in [4.78, 5) is 8.69. The number of methoxy groups -OCH3 is 1. The molecular formula is C12H20N4O. The van der Waals surface area contributed by atoms with E-state index in [1.807, 2.05) is 13.0 Å². The molecule has 1 aromatic heterocycles. The van der Waals surface area contributed by atoms with E-state index >= 15 is 0 Å². The maximum absolute atomic E-state index is 5.88. The van der Waals surface area contributed by atoms with E-state index in [4.69, 9.17) is 10.5 Å². The molecule has 1 fully saturated rings. The first-order chi connectivity index (χ1) is 8.17. The number of ether oxygens (including phenoxy) is 1. The van der Waals surface area contributed by atoms with E-state index in [1.165, 1.54) is 12.8 Å². The molecule has 0 spiro atoms. The number of aromatic nitrogens is 2. The lowest BCUT2D eigenvalue weighted by Crippen LogP contribution is -2.43.